The number of rotatable bonds is 3. The van der Waals surface area contributed by atoms with Crippen molar-refractivity contribution >= 4 is 11.8 Å². The molecule has 2 aliphatic rings. The van der Waals surface area contributed by atoms with Crippen molar-refractivity contribution in [3.63, 3.8) is 0 Å². The fourth-order valence-corrected chi connectivity index (χ4v) is 3.07. The van der Waals surface area contributed by atoms with Crippen molar-refractivity contribution in [3.05, 3.63) is 0 Å². The molecule has 1 aliphatic heterocycles. The molecule has 4 nitrogen and oxygen atoms in total. The molecule has 0 spiro atoms. The number of carbonyl (C=O) groups is 2. The highest BCUT2D eigenvalue weighted by molar-refractivity contribution is 5.83. The average molecular weight is 252 g/mol. The van der Waals surface area contributed by atoms with E-state index in [-0.39, 0.29) is 17.7 Å². The summed E-state index contributed by atoms with van der Waals surface area (Å²) in [7, 11) is 0. The predicted octanol–water partition coefficient (Wildman–Crippen LogP) is 1.60. The number of amides is 2. The van der Waals surface area contributed by atoms with Crippen LogP contribution in [-0.2, 0) is 9.59 Å². The molecule has 2 rings (SSSR count). The Morgan fingerprint density at radius 1 is 1.39 bits per heavy atom. The Kier molecular flexibility index (Phi) is 4.61. The molecular formula is C14H24N2O2. The standard InChI is InChI=1S/C14H24N2O2/c1-2-10-4-3-5-12(8-10)16-14(18)11-6-7-13(17)15-9-11/h10-12H,2-9H2,1H3,(H,15,17)(H,16,18). The molecule has 2 fully saturated rings. The van der Waals surface area contributed by atoms with Crippen molar-refractivity contribution in [3.8, 4) is 0 Å². The highest BCUT2D eigenvalue weighted by atomic mass is 16.2. The van der Waals surface area contributed by atoms with Crippen LogP contribution in [0.15, 0.2) is 0 Å². The first-order valence-electron chi connectivity index (χ1n) is 7.26. The minimum atomic E-state index is -0.0234. The second kappa shape index (κ2) is 6.21. The van der Waals surface area contributed by atoms with E-state index < -0.39 is 0 Å². The largest absolute Gasteiger partial charge is 0.355 e. The number of hydrogen-bond donors (Lipinski definition) is 2. The summed E-state index contributed by atoms with van der Waals surface area (Å²) in [6, 6.07) is 0.355. The van der Waals surface area contributed by atoms with Gasteiger partial charge >= 0.3 is 0 Å². The summed E-state index contributed by atoms with van der Waals surface area (Å²) in [5.74, 6) is 0.958. The molecule has 0 aromatic rings. The van der Waals surface area contributed by atoms with E-state index in [1.54, 1.807) is 0 Å². The molecule has 1 heterocycles. The van der Waals surface area contributed by atoms with E-state index in [0.717, 1.165) is 18.8 Å². The Hall–Kier alpha value is -1.06. The van der Waals surface area contributed by atoms with Gasteiger partial charge in [0.25, 0.3) is 0 Å². The maximum atomic E-state index is 12.1. The molecule has 0 bridgehead atoms. The van der Waals surface area contributed by atoms with Crippen LogP contribution >= 0.6 is 0 Å². The van der Waals surface area contributed by atoms with Gasteiger partial charge in [0.1, 0.15) is 0 Å². The molecule has 2 N–H and O–H groups in total. The summed E-state index contributed by atoms with van der Waals surface area (Å²) >= 11 is 0. The molecule has 0 aromatic carbocycles. The van der Waals surface area contributed by atoms with Crippen LogP contribution in [0.3, 0.4) is 0 Å². The lowest BCUT2D eigenvalue weighted by Crippen LogP contribution is -2.47. The van der Waals surface area contributed by atoms with Crippen molar-refractivity contribution < 1.29 is 9.59 Å². The molecule has 18 heavy (non-hydrogen) atoms. The monoisotopic (exact) mass is 252 g/mol. The van der Waals surface area contributed by atoms with E-state index in [1.807, 2.05) is 0 Å². The van der Waals surface area contributed by atoms with Crippen LogP contribution in [0.1, 0.15) is 51.9 Å². The van der Waals surface area contributed by atoms with Crippen LogP contribution < -0.4 is 10.6 Å². The summed E-state index contributed by atoms with van der Waals surface area (Å²) < 4.78 is 0. The maximum Gasteiger partial charge on any atom is 0.225 e. The fourth-order valence-electron chi connectivity index (χ4n) is 3.07. The summed E-state index contributed by atoms with van der Waals surface area (Å²) in [6.45, 7) is 2.74. The van der Waals surface area contributed by atoms with E-state index >= 15 is 0 Å². The first kappa shape index (κ1) is 13.4. The van der Waals surface area contributed by atoms with Gasteiger partial charge in [-0.2, -0.15) is 0 Å². The molecule has 3 atom stereocenters. The van der Waals surface area contributed by atoms with Crippen LogP contribution in [0.25, 0.3) is 0 Å². The van der Waals surface area contributed by atoms with E-state index in [0.29, 0.717) is 25.4 Å². The minimum absolute atomic E-state index is 0.0234. The van der Waals surface area contributed by atoms with Crippen molar-refractivity contribution in [2.24, 2.45) is 11.8 Å². The van der Waals surface area contributed by atoms with E-state index in [1.165, 1.54) is 19.3 Å². The SMILES string of the molecule is CCC1CCCC(NC(=O)C2CCC(=O)NC2)C1. The zero-order valence-electron chi connectivity index (χ0n) is 11.2. The Labute approximate surface area is 109 Å². The zero-order chi connectivity index (χ0) is 13.0. The number of piperidine rings is 1. The van der Waals surface area contributed by atoms with Gasteiger partial charge in [0.2, 0.25) is 11.8 Å². The Morgan fingerprint density at radius 3 is 2.89 bits per heavy atom. The van der Waals surface area contributed by atoms with Gasteiger partial charge in [-0.05, 0) is 25.2 Å². The summed E-state index contributed by atoms with van der Waals surface area (Å²) in [5.41, 5.74) is 0. The van der Waals surface area contributed by atoms with Crippen molar-refractivity contribution in [1.82, 2.24) is 10.6 Å². The first-order chi connectivity index (χ1) is 8.69. The zero-order valence-corrected chi connectivity index (χ0v) is 11.2. The lowest BCUT2D eigenvalue weighted by atomic mass is 9.84. The smallest absolute Gasteiger partial charge is 0.225 e. The van der Waals surface area contributed by atoms with Gasteiger partial charge in [0.05, 0.1) is 5.92 Å². The van der Waals surface area contributed by atoms with Gasteiger partial charge in [-0.3, -0.25) is 9.59 Å². The second-order valence-corrected chi connectivity index (χ2v) is 5.69. The topological polar surface area (TPSA) is 58.2 Å². The molecule has 1 aliphatic carbocycles. The highest BCUT2D eigenvalue weighted by Gasteiger charge is 2.28. The molecule has 1 saturated carbocycles. The van der Waals surface area contributed by atoms with Gasteiger partial charge in [-0.1, -0.05) is 26.2 Å². The normalized spacial score (nSPS) is 32.7. The lowest BCUT2D eigenvalue weighted by molar-refractivity contribution is -0.129. The van der Waals surface area contributed by atoms with Crippen LogP contribution in [0.5, 0.6) is 0 Å². The summed E-state index contributed by atoms with van der Waals surface area (Å²) in [5, 5.41) is 5.95. The van der Waals surface area contributed by atoms with Gasteiger partial charge in [-0.15, -0.1) is 0 Å². The molecule has 4 heteroatoms. The number of nitrogens with one attached hydrogen (secondary N) is 2. The van der Waals surface area contributed by atoms with Crippen molar-refractivity contribution in [2.45, 2.75) is 57.9 Å². The molecule has 1 saturated heterocycles. The van der Waals surface area contributed by atoms with Gasteiger partial charge < -0.3 is 10.6 Å². The Balaban J connectivity index is 1.78. The van der Waals surface area contributed by atoms with Crippen molar-refractivity contribution in [2.75, 3.05) is 6.54 Å². The average Bonchev–Trinajstić information content (AvgIpc) is 2.39. The molecule has 3 unspecified atom stereocenters. The third-order valence-electron chi connectivity index (χ3n) is 4.34. The van der Waals surface area contributed by atoms with E-state index in [2.05, 4.69) is 17.6 Å². The number of carbonyl (C=O) groups excluding carboxylic acids is 2. The summed E-state index contributed by atoms with van der Waals surface area (Å²) in [6.07, 6.45) is 7.17. The number of hydrogen-bond acceptors (Lipinski definition) is 2. The van der Waals surface area contributed by atoms with E-state index in [4.69, 9.17) is 0 Å². The molecule has 0 radical (unpaired) electrons. The lowest BCUT2D eigenvalue weighted by Gasteiger charge is -2.31. The quantitative estimate of drug-likeness (QED) is 0.801. The summed E-state index contributed by atoms with van der Waals surface area (Å²) in [4.78, 5) is 23.2. The fraction of sp³-hybridized carbons (Fsp3) is 0.857. The van der Waals surface area contributed by atoms with Crippen LogP contribution in [0.2, 0.25) is 0 Å². The molecular weight excluding hydrogens is 228 g/mol. The van der Waals surface area contributed by atoms with Crippen LogP contribution in [0, 0.1) is 11.8 Å². The van der Waals surface area contributed by atoms with Gasteiger partial charge in [-0.25, -0.2) is 0 Å². The highest BCUT2D eigenvalue weighted by Crippen LogP contribution is 2.26. The Bertz CT molecular complexity index is 307. The van der Waals surface area contributed by atoms with Gasteiger partial charge in [0, 0.05) is 19.0 Å². The van der Waals surface area contributed by atoms with Crippen LogP contribution in [-0.4, -0.2) is 24.4 Å². The molecule has 0 aromatic heterocycles. The third kappa shape index (κ3) is 3.47. The van der Waals surface area contributed by atoms with E-state index in [9.17, 15) is 9.59 Å². The predicted molar refractivity (Wildman–Crippen MR) is 69.9 cm³/mol. The van der Waals surface area contributed by atoms with Gasteiger partial charge in [0.15, 0.2) is 0 Å². The minimum Gasteiger partial charge on any atom is -0.355 e. The molecule has 102 valence electrons. The van der Waals surface area contributed by atoms with Crippen LogP contribution in [0.4, 0.5) is 0 Å². The maximum absolute atomic E-state index is 12.1. The molecule has 2 amide bonds. The Morgan fingerprint density at radius 2 is 2.22 bits per heavy atom. The first-order valence-corrected chi connectivity index (χ1v) is 7.26. The second-order valence-electron chi connectivity index (χ2n) is 5.69. The van der Waals surface area contributed by atoms with Crippen molar-refractivity contribution in [1.29, 1.82) is 0 Å². The third-order valence-corrected chi connectivity index (χ3v) is 4.34.